The lowest BCUT2D eigenvalue weighted by atomic mass is 10.00. The molecule has 0 aliphatic rings. The van der Waals surface area contributed by atoms with Crippen LogP contribution in [0.25, 0.3) is 0 Å². The summed E-state index contributed by atoms with van der Waals surface area (Å²) < 4.78 is 13.1. The predicted molar refractivity (Wildman–Crippen MR) is 62.7 cm³/mol. The minimum absolute atomic E-state index is 0.0739. The van der Waals surface area contributed by atoms with Gasteiger partial charge in [0.25, 0.3) is 0 Å². The SMILES string of the molecule is CSC(C)(C)c1cc(C)c(F)cc1Cl. The highest BCUT2D eigenvalue weighted by atomic mass is 35.5. The summed E-state index contributed by atoms with van der Waals surface area (Å²) in [5.41, 5.74) is 1.64. The number of benzene rings is 1. The summed E-state index contributed by atoms with van der Waals surface area (Å²) in [5.74, 6) is -0.240. The zero-order valence-electron chi connectivity index (χ0n) is 8.82. The molecule has 0 atom stereocenters. The van der Waals surface area contributed by atoms with Crippen LogP contribution in [0.2, 0.25) is 5.02 Å². The molecule has 0 bridgehead atoms. The maximum atomic E-state index is 13.2. The van der Waals surface area contributed by atoms with Gasteiger partial charge in [-0.2, -0.15) is 11.8 Å². The molecule has 0 nitrogen and oxygen atoms in total. The smallest absolute Gasteiger partial charge is 0.127 e. The zero-order valence-corrected chi connectivity index (χ0v) is 10.4. The van der Waals surface area contributed by atoms with Crippen LogP contribution in [0.1, 0.15) is 25.0 Å². The molecule has 3 heteroatoms. The van der Waals surface area contributed by atoms with Gasteiger partial charge in [-0.3, -0.25) is 0 Å². The fourth-order valence-electron chi connectivity index (χ4n) is 1.23. The summed E-state index contributed by atoms with van der Waals surface area (Å²) in [6, 6.07) is 3.22. The molecule has 14 heavy (non-hydrogen) atoms. The number of thioether (sulfide) groups is 1. The van der Waals surface area contributed by atoms with E-state index in [1.54, 1.807) is 18.7 Å². The molecule has 0 unspecified atom stereocenters. The molecule has 0 heterocycles. The summed E-state index contributed by atoms with van der Waals surface area (Å²) in [7, 11) is 0. The standard InChI is InChI=1S/C11H14ClFS/c1-7-5-8(11(2,3)14-4)9(12)6-10(7)13/h5-6H,1-4H3. The molecule has 0 aliphatic carbocycles. The maximum Gasteiger partial charge on any atom is 0.127 e. The van der Waals surface area contributed by atoms with Crippen molar-refractivity contribution < 1.29 is 4.39 Å². The van der Waals surface area contributed by atoms with Crippen LogP contribution >= 0.6 is 23.4 Å². The first-order valence-electron chi connectivity index (χ1n) is 4.40. The van der Waals surface area contributed by atoms with Gasteiger partial charge in [0.2, 0.25) is 0 Å². The van der Waals surface area contributed by atoms with Crippen molar-refractivity contribution in [2.45, 2.75) is 25.5 Å². The molecule has 0 fully saturated rings. The third kappa shape index (κ3) is 2.23. The average Bonchev–Trinajstić information content (AvgIpc) is 2.11. The molecule has 0 amide bonds. The number of rotatable bonds is 2. The van der Waals surface area contributed by atoms with E-state index in [0.717, 1.165) is 5.56 Å². The lowest BCUT2D eigenvalue weighted by Gasteiger charge is -2.24. The van der Waals surface area contributed by atoms with E-state index in [2.05, 4.69) is 13.8 Å². The van der Waals surface area contributed by atoms with E-state index in [-0.39, 0.29) is 10.6 Å². The molecule has 78 valence electrons. The Morgan fingerprint density at radius 2 is 1.93 bits per heavy atom. The van der Waals surface area contributed by atoms with Crippen LogP contribution in [0.5, 0.6) is 0 Å². The summed E-state index contributed by atoms with van der Waals surface area (Å²) in [5, 5.41) is 0.507. The van der Waals surface area contributed by atoms with Crippen molar-refractivity contribution >= 4 is 23.4 Å². The van der Waals surface area contributed by atoms with E-state index in [9.17, 15) is 4.39 Å². The van der Waals surface area contributed by atoms with E-state index >= 15 is 0 Å². The Morgan fingerprint density at radius 1 is 1.36 bits per heavy atom. The normalized spacial score (nSPS) is 11.9. The van der Waals surface area contributed by atoms with Gasteiger partial charge in [0.1, 0.15) is 5.82 Å². The van der Waals surface area contributed by atoms with E-state index in [1.165, 1.54) is 6.07 Å². The molecular weight excluding hydrogens is 219 g/mol. The number of hydrogen-bond donors (Lipinski definition) is 0. The van der Waals surface area contributed by atoms with Crippen LogP contribution in [-0.2, 0) is 4.75 Å². The first kappa shape index (κ1) is 11.9. The Kier molecular flexibility index (Phi) is 3.49. The van der Waals surface area contributed by atoms with E-state index in [0.29, 0.717) is 10.6 Å². The van der Waals surface area contributed by atoms with Crippen LogP contribution in [0.4, 0.5) is 4.39 Å². The number of hydrogen-bond acceptors (Lipinski definition) is 1. The van der Waals surface area contributed by atoms with Crippen molar-refractivity contribution in [3.63, 3.8) is 0 Å². The molecule has 0 N–H and O–H groups in total. The minimum Gasteiger partial charge on any atom is -0.207 e. The molecule has 0 saturated carbocycles. The summed E-state index contributed by atoms with van der Waals surface area (Å²) in [6.45, 7) is 5.91. The minimum atomic E-state index is -0.240. The van der Waals surface area contributed by atoms with Gasteiger partial charge in [0, 0.05) is 9.77 Å². The lowest BCUT2D eigenvalue weighted by molar-refractivity contribution is 0.616. The molecule has 0 aliphatic heterocycles. The highest BCUT2D eigenvalue weighted by Crippen LogP contribution is 2.38. The lowest BCUT2D eigenvalue weighted by Crippen LogP contribution is -2.12. The van der Waals surface area contributed by atoms with Crippen LogP contribution in [0, 0.1) is 12.7 Å². The Hall–Kier alpha value is -0.210. The second kappa shape index (κ2) is 4.11. The first-order chi connectivity index (χ1) is 6.38. The molecule has 1 aromatic rings. The van der Waals surface area contributed by atoms with Gasteiger partial charge in [-0.1, -0.05) is 17.7 Å². The topological polar surface area (TPSA) is 0 Å². The van der Waals surface area contributed by atoms with Gasteiger partial charge >= 0.3 is 0 Å². The summed E-state index contributed by atoms with van der Waals surface area (Å²) in [6.07, 6.45) is 2.02. The fourth-order valence-corrected chi connectivity index (χ4v) is 2.06. The predicted octanol–water partition coefficient (Wildman–Crippen LogP) is 4.39. The Bertz CT molecular complexity index is 347. The molecule has 1 aromatic carbocycles. The third-order valence-corrected chi connectivity index (χ3v) is 3.96. The fraction of sp³-hybridized carbons (Fsp3) is 0.455. The third-order valence-electron chi connectivity index (χ3n) is 2.41. The zero-order chi connectivity index (χ0) is 10.9. The van der Waals surface area contributed by atoms with Crippen molar-refractivity contribution in [2.75, 3.05) is 6.26 Å². The highest BCUT2D eigenvalue weighted by molar-refractivity contribution is 7.99. The van der Waals surface area contributed by atoms with E-state index in [1.807, 2.05) is 12.3 Å². The van der Waals surface area contributed by atoms with Gasteiger partial charge in [-0.15, -0.1) is 0 Å². The summed E-state index contributed by atoms with van der Waals surface area (Å²) in [4.78, 5) is 0. The number of aryl methyl sites for hydroxylation is 1. The van der Waals surface area contributed by atoms with E-state index in [4.69, 9.17) is 11.6 Å². The maximum absolute atomic E-state index is 13.2. The highest BCUT2D eigenvalue weighted by Gasteiger charge is 2.22. The number of halogens is 2. The second-order valence-corrected chi connectivity index (χ2v) is 5.63. The van der Waals surface area contributed by atoms with Crippen molar-refractivity contribution in [3.8, 4) is 0 Å². The van der Waals surface area contributed by atoms with Gasteiger partial charge in [0.05, 0.1) is 0 Å². The van der Waals surface area contributed by atoms with Gasteiger partial charge in [0.15, 0.2) is 0 Å². The van der Waals surface area contributed by atoms with Crippen LogP contribution in [0.15, 0.2) is 12.1 Å². The molecule has 0 radical (unpaired) electrons. The van der Waals surface area contributed by atoms with Crippen molar-refractivity contribution in [2.24, 2.45) is 0 Å². The summed E-state index contributed by atoms with van der Waals surface area (Å²) >= 11 is 7.71. The largest absolute Gasteiger partial charge is 0.207 e. The van der Waals surface area contributed by atoms with Crippen molar-refractivity contribution in [3.05, 3.63) is 34.1 Å². The van der Waals surface area contributed by atoms with E-state index < -0.39 is 0 Å². The Labute approximate surface area is 93.8 Å². The van der Waals surface area contributed by atoms with Gasteiger partial charge in [-0.25, -0.2) is 4.39 Å². The van der Waals surface area contributed by atoms with Crippen LogP contribution < -0.4 is 0 Å². The average molecular weight is 233 g/mol. The molecular formula is C11H14ClFS. The Morgan fingerprint density at radius 3 is 2.43 bits per heavy atom. The first-order valence-corrected chi connectivity index (χ1v) is 6.00. The Balaban J connectivity index is 3.29. The molecule has 0 spiro atoms. The van der Waals surface area contributed by atoms with Gasteiger partial charge in [-0.05, 0) is 44.2 Å². The monoisotopic (exact) mass is 232 g/mol. The van der Waals surface area contributed by atoms with Gasteiger partial charge < -0.3 is 0 Å². The van der Waals surface area contributed by atoms with Crippen LogP contribution in [0.3, 0.4) is 0 Å². The quantitative estimate of drug-likeness (QED) is 0.729. The molecule has 0 aromatic heterocycles. The van der Waals surface area contributed by atoms with Crippen molar-refractivity contribution in [1.82, 2.24) is 0 Å². The second-order valence-electron chi connectivity index (χ2n) is 3.80. The molecule has 0 saturated heterocycles. The molecule has 1 rings (SSSR count). The van der Waals surface area contributed by atoms with Crippen LogP contribution in [-0.4, -0.2) is 6.26 Å². The van der Waals surface area contributed by atoms with Crippen molar-refractivity contribution in [1.29, 1.82) is 0 Å².